The summed E-state index contributed by atoms with van der Waals surface area (Å²) in [4.78, 5) is 33.1. The van der Waals surface area contributed by atoms with E-state index in [0.29, 0.717) is 25.0 Å². The van der Waals surface area contributed by atoms with E-state index in [2.05, 4.69) is 62.6 Å². The first-order valence-electron chi connectivity index (χ1n) is 17.7. The zero-order valence-corrected chi connectivity index (χ0v) is 28.2. The number of ether oxygens (including phenoxy) is 1. The molecular weight excluding hydrogens is 576 g/mol. The van der Waals surface area contributed by atoms with Gasteiger partial charge in [0.05, 0.1) is 24.5 Å². The standard InChI is InChI=1S/C36H52N8O2/c1-6-31-24(4)41(5)32-21-37-36(40-34(32)44(31)23(2)3)39-30-14-13-29(28-15-20-46-33(28)30)35(45)38-26-9-11-27(12-10-26)43-18-16-42(17-19-43)22-25-7-8-25/h13-14,21,23,25-27,31H,4,6-12,15-20,22H2,1-3,5H3,(H,38,45)(H,37,39,40)/t26?,27?,31-/m0/s1. The lowest BCUT2D eigenvalue weighted by Crippen LogP contribution is -2.52. The van der Waals surface area contributed by atoms with Crippen LogP contribution in [0.15, 0.2) is 30.6 Å². The number of anilines is 4. The van der Waals surface area contributed by atoms with Crippen molar-refractivity contribution in [2.45, 2.75) is 96.3 Å². The molecule has 0 bridgehead atoms. The summed E-state index contributed by atoms with van der Waals surface area (Å²) >= 11 is 0. The second-order valence-corrected chi connectivity index (χ2v) is 14.3. The Balaban J connectivity index is 0.991. The Bertz CT molecular complexity index is 1440. The number of nitrogens with one attached hydrogen (secondary N) is 2. The lowest BCUT2D eigenvalue weighted by atomic mass is 9.89. The molecule has 0 radical (unpaired) electrons. The fraction of sp³-hybridized carbons (Fsp3) is 0.639. The number of rotatable bonds is 9. The molecule has 5 aliphatic rings. The summed E-state index contributed by atoms with van der Waals surface area (Å²) in [5.41, 5.74) is 4.47. The van der Waals surface area contributed by atoms with Crippen LogP contribution >= 0.6 is 0 Å². The Morgan fingerprint density at radius 3 is 2.54 bits per heavy atom. The first-order valence-corrected chi connectivity index (χ1v) is 17.7. The molecule has 1 aromatic carbocycles. The van der Waals surface area contributed by atoms with Gasteiger partial charge in [0.15, 0.2) is 5.82 Å². The number of likely N-dealkylation sites (N-methyl/N-ethyl adjacent to an activating group) is 1. The minimum absolute atomic E-state index is 0.0110. The van der Waals surface area contributed by atoms with E-state index in [1.807, 2.05) is 25.4 Å². The van der Waals surface area contributed by atoms with Crippen LogP contribution in [0.5, 0.6) is 5.75 Å². The van der Waals surface area contributed by atoms with E-state index in [1.165, 1.54) is 45.6 Å². The summed E-state index contributed by atoms with van der Waals surface area (Å²) < 4.78 is 6.10. The van der Waals surface area contributed by atoms with Crippen LogP contribution in [0.4, 0.5) is 23.1 Å². The topological polar surface area (TPSA) is 89.1 Å². The molecule has 2 saturated carbocycles. The van der Waals surface area contributed by atoms with Crippen molar-refractivity contribution in [1.29, 1.82) is 0 Å². The normalized spacial score (nSPS) is 25.3. The third-order valence-corrected chi connectivity index (χ3v) is 11.0. The third kappa shape index (κ3) is 6.18. The van der Waals surface area contributed by atoms with Gasteiger partial charge in [0.1, 0.15) is 11.4 Å². The van der Waals surface area contributed by atoms with Crippen molar-refractivity contribution < 1.29 is 9.53 Å². The Morgan fingerprint density at radius 1 is 1.09 bits per heavy atom. The number of amides is 1. The lowest BCUT2D eigenvalue weighted by molar-refractivity contribution is 0.0694. The van der Waals surface area contributed by atoms with Gasteiger partial charge in [0, 0.05) is 81.1 Å². The van der Waals surface area contributed by atoms with Gasteiger partial charge in [0.2, 0.25) is 5.95 Å². The molecule has 0 spiro atoms. The van der Waals surface area contributed by atoms with Crippen molar-refractivity contribution in [3.63, 3.8) is 0 Å². The second-order valence-electron chi connectivity index (χ2n) is 14.3. The van der Waals surface area contributed by atoms with E-state index >= 15 is 0 Å². The molecule has 2 aromatic rings. The van der Waals surface area contributed by atoms with Gasteiger partial charge >= 0.3 is 0 Å². The minimum Gasteiger partial charge on any atom is -0.491 e. The largest absolute Gasteiger partial charge is 0.491 e. The maximum absolute atomic E-state index is 13.6. The number of piperazine rings is 1. The number of carbonyl (C=O) groups excluding carboxylic acids is 1. The van der Waals surface area contributed by atoms with Crippen LogP contribution in [0.1, 0.15) is 81.6 Å². The summed E-state index contributed by atoms with van der Waals surface area (Å²) in [7, 11) is 2.03. The molecule has 1 atom stereocenters. The number of hydrogen-bond donors (Lipinski definition) is 2. The fourth-order valence-corrected chi connectivity index (χ4v) is 8.13. The Morgan fingerprint density at radius 2 is 1.85 bits per heavy atom. The molecule has 1 amide bonds. The van der Waals surface area contributed by atoms with Gasteiger partial charge in [-0.3, -0.25) is 9.69 Å². The fourth-order valence-electron chi connectivity index (χ4n) is 8.13. The number of fused-ring (bicyclic) bond motifs is 2. The quantitative estimate of drug-likeness (QED) is 0.390. The number of nitrogens with zero attached hydrogens (tertiary/aromatic N) is 6. The monoisotopic (exact) mass is 628 g/mol. The number of hydrogen-bond acceptors (Lipinski definition) is 9. The lowest BCUT2D eigenvalue weighted by Gasteiger charge is -2.45. The highest BCUT2D eigenvalue weighted by Crippen LogP contribution is 2.42. The van der Waals surface area contributed by atoms with E-state index in [-0.39, 0.29) is 24.0 Å². The molecule has 2 N–H and O–H groups in total. The van der Waals surface area contributed by atoms with Gasteiger partial charge in [-0.1, -0.05) is 13.5 Å². The molecule has 10 nitrogen and oxygen atoms in total. The summed E-state index contributed by atoms with van der Waals surface area (Å²) in [5, 5.41) is 6.79. The highest BCUT2D eigenvalue weighted by molar-refractivity contribution is 5.98. The molecule has 4 heterocycles. The van der Waals surface area contributed by atoms with E-state index in [9.17, 15) is 4.79 Å². The number of aromatic nitrogens is 2. The van der Waals surface area contributed by atoms with E-state index in [4.69, 9.17) is 9.72 Å². The highest BCUT2D eigenvalue weighted by atomic mass is 16.5. The summed E-state index contributed by atoms with van der Waals surface area (Å²) in [6.07, 6.45) is 10.8. The molecule has 10 heteroatoms. The van der Waals surface area contributed by atoms with Crippen LogP contribution in [0, 0.1) is 5.92 Å². The summed E-state index contributed by atoms with van der Waals surface area (Å²) in [5.74, 6) is 3.13. The second kappa shape index (κ2) is 13.0. The van der Waals surface area contributed by atoms with Gasteiger partial charge in [-0.2, -0.15) is 4.98 Å². The molecule has 3 aliphatic heterocycles. The Labute approximate surface area is 274 Å². The van der Waals surface area contributed by atoms with Gasteiger partial charge in [-0.15, -0.1) is 0 Å². The van der Waals surface area contributed by atoms with Crippen LogP contribution in [0.2, 0.25) is 0 Å². The number of carbonyl (C=O) groups is 1. The predicted octanol–water partition coefficient (Wildman–Crippen LogP) is 5.18. The third-order valence-electron chi connectivity index (χ3n) is 11.0. The van der Waals surface area contributed by atoms with Crippen molar-refractivity contribution in [2.75, 3.05) is 61.5 Å². The minimum atomic E-state index is 0.0110. The van der Waals surface area contributed by atoms with Gasteiger partial charge in [-0.05, 0) is 76.8 Å². The van der Waals surface area contributed by atoms with Crippen LogP contribution in [0.25, 0.3) is 0 Å². The van der Waals surface area contributed by atoms with Gasteiger partial charge in [-0.25, -0.2) is 4.98 Å². The van der Waals surface area contributed by atoms with Gasteiger partial charge in [0.25, 0.3) is 5.91 Å². The molecule has 2 aliphatic carbocycles. The number of benzene rings is 1. The predicted molar refractivity (Wildman–Crippen MR) is 184 cm³/mol. The van der Waals surface area contributed by atoms with E-state index < -0.39 is 0 Å². The molecule has 3 fully saturated rings. The van der Waals surface area contributed by atoms with Crippen LogP contribution in [-0.4, -0.2) is 96.2 Å². The molecule has 1 aromatic heterocycles. The van der Waals surface area contributed by atoms with Crippen molar-refractivity contribution in [3.8, 4) is 5.75 Å². The summed E-state index contributed by atoms with van der Waals surface area (Å²) in [6, 6.07) is 5.18. The average molecular weight is 629 g/mol. The molecule has 248 valence electrons. The molecule has 46 heavy (non-hydrogen) atoms. The molecule has 7 rings (SSSR count). The van der Waals surface area contributed by atoms with Crippen molar-refractivity contribution in [1.82, 2.24) is 25.1 Å². The maximum atomic E-state index is 13.6. The van der Waals surface area contributed by atoms with E-state index in [1.54, 1.807) is 0 Å². The molecule has 0 unspecified atom stereocenters. The zero-order valence-electron chi connectivity index (χ0n) is 28.2. The maximum Gasteiger partial charge on any atom is 0.251 e. The van der Waals surface area contributed by atoms with Crippen molar-refractivity contribution in [3.05, 3.63) is 41.7 Å². The zero-order chi connectivity index (χ0) is 31.9. The smallest absolute Gasteiger partial charge is 0.251 e. The molecule has 1 saturated heterocycles. The van der Waals surface area contributed by atoms with Crippen LogP contribution in [0.3, 0.4) is 0 Å². The highest BCUT2D eigenvalue weighted by Gasteiger charge is 2.35. The van der Waals surface area contributed by atoms with Crippen LogP contribution < -0.4 is 25.2 Å². The van der Waals surface area contributed by atoms with Gasteiger partial charge < -0.3 is 30.1 Å². The first kappa shape index (κ1) is 31.2. The van der Waals surface area contributed by atoms with Crippen LogP contribution in [-0.2, 0) is 6.42 Å². The summed E-state index contributed by atoms with van der Waals surface area (Å²) in [6.45, 7) is 17.6. The first-order chi connectivity index (χ1) is 22.3. The molecular formula is C36H52N8O2. The van der Waals surface area contributed by atoms with Crippen molar-refractivity contribution >= 4 is 29.0 Å². The SMILES string of the molecule is C=C1[C@H](CC)N(C(C)C)c2nc(Nc3ccc(C(=O)NC4CCC(N5CCN(CC6CC6)CC5)CC4)c4c3OCC4)ncc2N1C. The van der Waals surface area contributed by atoms with Crippen molar-refractivity contribution in [2.24, 2.45) is 5.92 Å². The Hall–Kier alpha value is -3.37. The average Bonchev–Trinajstić information content (AvgIpc) is 3.73. The Kier molecular flexibility index (Phi) is 8.85. The van der Waals surface area contributed by atoms with E-state index in [0.717, 1.165) is 77.8 Å².